The second kappa shape index (κ2) is 16.7. The van der Waals surface area contributed by atoms with Gasteiger partial charge in [-0.3, -0.25) is 19.7 Å². The Labute approximate surface area is 320 Å². The van der Waals surface area contributed by atoms with Gasteiger partial charge in [0.05, 0.1) is 17.4 Å². The Bertz CT molecular complexity index is 1990. The molecule has 292 valence electrons. The molecule has 4 aromatic rings. The number of amides is 3. The maximum Gasteiger partial charge on any atom is 0.280 e. The first kappa shape index (κ1) is 38.2. The number of rotatable bonds is 12. The van der Waals surface area contributed by atoms with Gasteiger partial charge in [-0.15, -0.1) is 0 Å². The summed E-state index contributed by atoms with van der Waals surface area (Å²) in [6.07, 6.45) is 8.15. The minimum Gasteiger partial charge on any atom is -0.490 e. The molecule has 7 rings (SSSR count). The number of pyridine rings is 2. The lowest BCUT2D eigenvalue weighted by Crippen LogP contribution is -2.47. The molecule has 2 aliphatic heterocycles. The number of halogens is 2. The summed E-state index contributed by atoms with van der Waals surface area (Å²) in [5, 5.41) is 8.30. The first-order valence-corrected chi connectivity index (χ1v) is 19.4. The fourth-order valence-electron chi connectivity index (χ4n) is 8.14. The Morgan fingerprint density at radius 1 is 0.982 bits per heavy atom. The molecule has 14 heteroatoms. The Morgan fingerprint density at radius 2 is 1.73 bits per heavy atom. The van der Waals surface area contributed by atoms with E-state index in [1.54, 1.807) is 12.3 Å². The summed E-state index contributed by atoms with van der Waals surface area (Å²) < 4.78 is 34.3. The minimum atomic E-state index is -2.74. The fraction of sp³-hybridized carbons (Fsp3) is 0.488. The molecule has 3 aliphatic rings. The normalized spacial score (nSPS) is 21.0. The topological polar surface area (TPSA) is 133 Å². The van der Waals surface area contributed by atoms with Crippen LogP contribution in [0.4, 0.5) is 26.0 Å². The van der Waals surface area contributed by atoms with Crippen molar-refractivity contribution in [2.24, 2.45) is 5.92 Å². The molecule has 1 unspecified atom stereocenters. The molecule has 1 aliphatic carbocycles. The third-order valence-electron chi connectivity index (χ3n) is 11.1. The molecule has 55 heavy (non-hydrogen) atoms. The average molecular weight is 757 g/mol. The highest BCUT2D eigenvalue weighted by atomic mass is 19.3. The van der Waals surface area contributed by atoms with Gasteiger partial charge in [0, 0.05) is 67.8 Å². The smallest absolute Gasteiger partial charge is 0.280 e. The van der Waals surface area contributed by atoms with E-state index in [9.17, 15) is 23.2 Å². The number of imide groups is 1. The second-order valence-corrected chi connectivity index (χ2v) is 15.4. The number of alkyl halides is 2. The van der Waals surface area contributed by atoms with Crippen molar-refractivity contribution in [3.8, 4) is 5.75 Å². The summed E-state index contributed by atoms with van der Waals surface area (Å²) in [5.74, 6) is 0.382. The molecule has 1 saturated carbocycles. The predicted octanol–water partition coefficient (Wildman–Crippen LogP) is 6.80. The molecule has 0 bridgehead atoms. The maximum atomic E-state index is 13.4. The van der Waals surface area contributed by atoms with Gasteiger partial charge in [0.2, 0.25) is 11.8 Å². The Balaban J connectivity index is 0.902. The van der Waals surface area contributed by atoms with Gasteiger partial charge in [-0.05, 0) is 108 Å². The van der Waals surface area contributed by atoms with E-state index in [0.29, 0.717) is 42.1 Å². The van der Waals surface area contributed by atoms with Crippen molar-refractivity contribution >= 4 is 40.6 Å². The van der Waals surface area contributed by atoms with Crippen LogP contribution >= 0.6 is 0 Å². The summed E-state index contributed by atoms with van der Waals surface area (Å²) >= 11 is 0. The number of benzene rings is 1. The zero-order chi connectivity index (χ0) is 38.6. The molecule has 1 atom stereocenters. The van der Waals surface area contributed by atoms with Gasteiger partial charge in [0.25, 0.3) is 12.3 Å². The van der Waals surface area contributed by atoms with Crippen molar-refractivity contribution in [2.75, 3.05) is 42.2 Å². The lowest BCUT2D eigenvalue weighted by molar-refractivity contribution is -0.133. The van der Waals surface area contributed by atoms with Crippen molar-refractivity contribution in [1.82, 2.24) is 24.6 Å². The highest BCUT2D eigenvalue weighted by Crippen LogP contribution is 2.37. The quantitative estimate of drug-likeness (QED) is 0.134. The first-order chi connectivity index (χ1) is 26.5. The van der Waals surface area contributed by atoms with Crippen molar-refractivity contribution in [3.05, 3.63) is 77.9 Å². The zero-order valence-electron chi connectivity index (χ0n) is 31.6. The number of hydrogen-bond acceptors (Lipinski definition) is 9. The molecular formula is C41H50F2N8O4. The largest absolute Gasteiger partial charge is 0.490 e. The molecule has 1 aromatic carbocycles. The van der Waals surface area contributed by atoms with Crippen molar-refractivity contribution < 1.29 is 27.9 Å². The molecule has 5 heterocycles. The molecule has 3 aromatic heterocycles. The maximum absolute atomic E-state index is 13.4. The highest BCUT2D eigenvalue weighted by Gasteiger charge is 2.30. The summed E-state index contributed by atoms with van der Waals surface area (Å²) in [7, 11) is 2.26. The van der Waals surface area contributed by atoms with Crippen LogP contribution in [0.2, 0.25) is 0 Å². The summed E-state index contributed by atoms with van der Waals surface area (Å²) in [5.41, 5.74) is 3.60. The number of carbonyl (C=O) groups is 3. The van der Waals surface area contributed by atoms with E-state index in [0.717, 1.165) is 69.5 Å². The minimum absolute atomic E-state index is 0.0442. The molecule has 2 saturated heterocycles. The van der Waals surface area contributed by atoms with Crippen molar-refractivity contribution in [3.63, 3.8) is 0 Å². The molecule has 3 amide bonds. The molecule has 0 spiro atoms. The SMILES string of the molecule is CC(C)Oc1cc2nc(C3CCC(CN(C)C4CCN(c5ccc(NC6CCC(=O)NC6=O)cc5)CC4)CC3)cn2cc1C(=O)Nc1cccc(C(F)F)n1. The number of imidazole rings is 1. The van der Waals surface area contributed by atoms with E-state index in [1.165, 1.54) is 23.9 Å². The molecule has 12 nitrogen and oxygen atoms in total. The summed E-state index contributed by atoms with van der Waals surface area (Å²) in [4.78, 5) is 50.8. The molecule has 3 N–H and O–H groups in total. The third-order valence-corrected chi connectivity index (χ3v) is 11.1. The van der Waals surface area contributed by atoms with Gasteiger partial charge in [0.1, 0.15) is 29.0 Å². The Kier molecular flexibility index (Phi) is 11.6. The number of hydrogen-bond donors (Lipinski definition) is 3. The standard InChI is InChI=1S/C41H50F2N8O4/c1-25(2)55-35-21-37-46-34(24-51(37)23-31(35)40(53)47-36-6-4-5-32(45-36)39(42)43)27-9-7-26(8-10-27)22-49(3)29-17-19-50(20-18-29)30-13-11-28(12-14-30)44-33-15-16-38(52)48-41(33)54/h4-6,11-14,21,23-27,29,33,39,44H,7-10,15-20,22H2,1-3H3,(H,45,47,53)(H,48,52,54). The van der Waals surface area contributed by atoms with Crippen LogP contribution in [0, 0.1) is 5.92 Å². The predicted molar refractivity (Wildman–Crippen MR) is 207 cm³/mol. The van der Waals surface area contributed by atoms with Gasteiger partial charge in [-0.2, -0.15) is 0 Å². The van der Waals surface area contributed by atoms with E-state index in [2.05, 4.69) is 49.9 Å². The van der Waals surface area contributed by atoms with Crippen LogP contribution < -0.4 is 25.6 Å². The second-order valence-electron chi connectivity index (χ2n) is 15.4. The molecule has 3 fully saturated rings. The number of nitrogens with zero attached hydrogens (tertiary/aromatic N) is 5. The number of aromatic nitrogens is 3. The number of carbonyl (C=O) groups excluding carboxylic acids is 3. The molecular weight excluding hydrogens is 706 g/mol. The van der Waals surface area contributed by atoms with Crippen molar-refractivity contribution in [2.45, 2.75) is 95.7 Å². The number of piperidine rings is 2. The van der Waals surface area contributed by atoms with Crippen LogP contribution in [-0.2, 0) is 9.59 Å². The Morgan fingerprint density at radius 3 is 2.42 bits per heavy atom. The number of ether oxygens (including phenoxy) is 1. The zero-order valence-corrected chi connectivity index (χ0v) is 31.6. The van der Waals surface area contributed by atoms with Crippen LogP contribution in [0.1, 0.15) is 99.3 Å². The lowest BCUT2D eigenvalue weighted by Gasteiger charge is -2.40. The Hall–Kier alpha value is -5.11. The van der Waals surface area contributed by atoms with Gasteiger partial charge in [0.15, 0.2) is 0 Å². The van der Waals surface area contributed by atoms with E-state index in [4.69, 9.17) is 9.72 Å². The van der Waals surface area contributed by atoms with E-state index in [-0.39, 0.29) is 35.3 Å². The summed E-state index contributed by atoms with van der Waals surface area (Å²) in [6, 6.07) is 14.3. The van der Waals surface area contributed by atoms with Crippen LogP contribution in [-0.4, -0.2) is 81.9 Å². The lowest BCUT2D eigenvalue weighted by atomic mass is 9.80. The van der Waals surface area contributed by atoms with E-state index in [1.807, 2.05) is 36.6 Å². The third kappa shape index (κ3) is 9.23. The van der Waals surface area contributed by atoms with Crippen molar-refractivity contribution in [1.29, 1.82) is 0 Å². The van der Waals surface area contributed by atoms with Gasteiger partial charge in [-0.1, -0.05) is 6.07 Å². The van der Waals surface area contributed by atoms with Crippen LogP contribution in [0.15, 0.2) is 60.9 Å². The van der Waals surface area contributed by atoms with Gasteiger partial charge < -0.3 is 29.6 Å². The van der Waals surface area contributed by atoms with Crippen LogP contribution in [0.5, 0.6) is 5.75 Å². The highest BCUT2D eigenvalue weighted by molar-refractivity contribution is 6.06. The van der Waals surface area contributed by atoms with Gasteiger partial charge >= 0.3 is 0 Å². The average Bonchev–Trinajstić information content (AvgIpc) is 3.59. The summed E-state index contributed by atoms with van der Waals surface area (Å²) in [6.45, 7) is 6.82. The van der Waals surface area contributed by atoms with Gasteiger partial charge in [-0.25, -0.2) is 18.7 Å². The fourth-order valence-corrected chi connectivity index (χ4v) is 8.14. The first-order valence-electron chi connectivity index (χ1n) is 19.4. The number of nitrogens with one attached hydrogen (secondary N) is 3. The number of anilines is 3. The number of fused-ring (bicyclic) bond motifs is 1. The van der Waals surface area contributed by atoms with E-state index >= 15 is 0 Å². The van der Waals surface area contributed by atoms with Crippen LogP contribution in [0.25, 0.3) is 5.65 Å². The molecule has 0 radical (unpaired) electrons. The monoisotopic (exact) mass is 756 g/mol. The van der Waals surface area contributed by atoms with Crippen LogP contribution in [0.3, 0.4) is 0 Å². The van der Waals surface area contributed by atoms with E-state index < -0.39 is 18.0 Å².